The molecule has 2 nitrogen and oxygen atoms in total. The van der Waals surface area contributed by atoms with E-state index in [9.17, 15) is 4.79 Å². The normalized spacial score (nSPS) is 18.8. The highest BCUT2D eigenvalue weighted by Gasteiger charge is 2.23. The van der Waals surface area contributed by atoms with E-state index >= 15 is 0 Å². The first-order valence-electron chi connectivity index (χ1n) is 5.00. The summed E-state index contributed by atoms with van der Waals surface area (Å²) in [6.45, 7) is 0. The molecule has 0 heterocycles. The average Bonchev–Trinajstić information content (AvgIpc) is 2.29. The minimum absolute atomic E-state index is 0.00431. The molecule has 0 bridgehead atoms. The molecule has 0 aliphatic heterocycles. The van der Waals surface area contributed by atoms with E-state index in [1.54, 1.807) is 0 Å². The topological polar surface area (TPSA) is 29.4 Å². The molecular formula is C12H11NOS. The maximum Gasteiger partial charge on any atom is 0.257 e. The standard InChI is InChI=1S/C12H11NOS/c14-12(13-8-15)11-6-5-9-3-1-2-4-10(9)7-11/h1-4,11H,5-7H2. The predicted molar refractivity (Wildman–Crippen MR) is 62.0 cm³/mol. The van der Waals surface area contributed by atoms with Crippen molar-refractivity contribution < 1.29 is 4.79 Å². The van der Waals surface area contributed by atoms with Crippen LogP contribution in [0.2, 0.25) is 0 Å². The molecule has 1 atom stereocenters. The third-order valence-corrected chi connectivity index (χ3v) is 2.94. The molecule has 0 saturated heterocycles. The Kier molecular flexibility index (Phi) is 3.05. The van der Waals surface area contributed by atoms with E-state index in [0.717, 1.165) is 19.3 Å². The van der Waals surface area contributed by atoms with E-state index < -0.39 is 0 Å². The highest BCUT2D eigenvalue weighted by molar-refractivity contribution is 7.78. The summed E-state index contributed by atoms with van der Waals surface area (Å²) in [6.07, 6.45) is 2.62. The molecule has 1 aromatic carbocycles. The van der Waals surface area contributed by atoms with Gasteiger partial charge in [-0.3, -0.25) is 4.79 Å². The Morgan fingerprint density at radius 1 is 1.40 bits per heavy atom. The number of nitrogens with zero attached hydrogens (tertiary/aromatic N) is 1. The fraction of sp³-hybridized carbons (Fsp3) is 0.333. The minimum Gasteiger partial charge on any atom is -0.272 e. The molecule has 0 aromatic heterocycles. The number of benzene rings is 1. The molecular weight excluding hydrogens is 206 g/mol. The monoisotopic (exact) mass is 217 g/mol. The molecule has 0 N–H and O–H groups in total. The summed E-state index contributed by atoms with van der Waals surface area (Å²) in [5.41, 5.74) is 2.62. The summed E-state index contributed by atoms with van der Waals surface area (Å²) >= 11 is 4.44. The van der Waals surface area contributed by atoms with Gasteiger partial charge in [0.2, 0.25) is 0 Å². The quantitative estimate of drug-likeness (QED) is 0.534. The smallest absolute Gasteiger partial charge is 0.257 e. The van der Waals surface area contributed by atoms with Crippen LogP contribution >= 0.6 is 12.2 Å². The fourth-order valence-electron chi connectivity index (χ4n) is 2.04. The van der Waals surface area contributed by atoms with Crippen LogP contribution in [0.3, 0.4) is 0 Å². The molecule has 0 spiro atoms. The van der Waals surface area contributed by atoms with E-state index in [-0.39, 0.29) is 11.8 Å². The van der Waals surface area contributed by atoms with E-state index in [2.05, 4.69) is 34.5 Å². The molecule has 2 rings (SSSR count). The molecule has 1 amide bonds. The first-order valence-corrected chi connectivity index (χ1v) is 5.40. The van der Waals surface area contributed by atoms with Gasteiger partial charge < -0.3 is 0 Å². The van der Waals surface area contributed by atoms with Crippen molar-refractivity contribution in [3.63, 3.8) is 0 Å². The first kappa shape index (κ1) is 10.2. The van der Waals surface area contributed by atoms with E-state index in [1.165, 1.54) is 11.1 Å². The number of amides is 1. The summed E-state index contributed by atoms with van der Waals surface area (Å²) in [5.74, 6) is -0.130. The Labute approximate surface area is 94.0 Å². The lowest BCUT2D eigenvalue weighted by molar-refractivity contribution is -0.121. The molecule has 0 saturated carbocycles. The third kappa shape index (κ3) is 2.20. The average molecular weight is 217 g/mol. The molecule has 1 aromatic rings. The number of aliphatic imine (C=N–C) groups is 1. The number of rotatable bonds is 1. The first-order chi connectivity index (χ1) is 7.31. The molecule has 76 valence electrons. The lowest BCUT2D eigenvalue weighted by Crippen LogP contribution is -2.21. The molecule has 1 unspecified atom stereocenters. The summed E-state index contributed by atoms with van der Waals surface area (Å²) in [5, 5.41) is 2.15. The SMILES string of the molecule is O=C(N=C=S)C1CCc2ccccc2C1. The van der Waals surface area contributed by atoms with Crippen LogP contribution in [0.4, 0.5) is 0 Å². The van der Waals surface area contributed by atoms with Crippen LogP contribution in [0.15, 0.2) is 29.3 Å². The molecule has 0 radical (unpaired) electrons. The number of isothiocyanates is 1. The van der Waals surface area contributed by atoms with Crippen LogP contribution in [-0.2, 0) is 17.6 Å². The lowest BCUT2D eigenvalue weighted by Gasteiger charge is -2.21. The van der Waals surface area contributed by atoms with Crippen molar-refractivity contribution in [2.45, 2.75) is 19.3 Å². The molecule has 1 aliphatic rings. The Morgan fingerprint density at radius 3 is 2.87 bits per heavy atom. The van der Waals surface area contributed by atoms with Crippen molar-refractivity contribution >= 4 is 23.3 Å². The van der Waals surface area contributed by atoms with E-state index in [4.69, 9.17) is 0 Å². The van der Waals surface area contributed by atoms with Gasteiger partial charge in [-0.2, -0.15) is 4.99 Å². The van der Waals surface area contributed by atoms with Gasteiger partial charge in [-0.15, -0.1) is 0 Å². The van der Waals surface area contributed by atoms with Crippen LogP contribution in [0.5, 0.6) is 0 Å². The Morgan fingerprint density at radius 2 is 2.13 bits per heavy atom. The number of carbonyl (C=O) groups excluding carboxylic acids is 1. The number of thiocarbonyl (C=S) groups is 1. The largest absolute Gasteiger partial charge is 0.272 e. The van der Waals surface area contributed by atoms with Gasteiger partial charge in [0.1, 0.15) is 0 Å². The Bertz CT molecular complexity index is 435. The van der Waals surface area contributed by atoms with Crippen molar-refractivity contribution in [2.75, 3.05) is 0 Å². The van der Waals surface area contributed by atoms with E-state index in [1.807, 2.05) is 12.1 Å². The van der Waals surface area contributed by atoms with Crippen molar-refractivity contribution in [3.05, 3.63) is 35.4 Å². The van der Waals surface area contributed by atoms with Gasteiger partial charge in [0, 0.05) is 5.92 Å². The molecule has 15 heavy (non-hydrogen) atoms. The zero-order valence-corrected chi connectivity index (χ0v) is 9.09. The second-order valence-electron chi connectivity index (χ2n) is 3.75. The van der Waals surface area contributed by atoms with Gasteiger partial charge in [0.15, 0.2) is 0 Å². The van der Waals surface area contributed by atoms with Gasteiger partial charge in [0.25, 0.3) is 5.91 Å². The second-order valence-corrected chi connectivity index (χ2v) is 3.93. The fourth-order valence-corrected chi connectivity index (χ4v) is 2.13. The molecule has 0 fully saturated rings. The minimum atomic E-state index is -0.125. The van der Waals surface area contributed by atoms with Crippen LogP contribution in [-0.4, -0.2) is 11.1 Å². The Hall–Kier alpha value is -1.31. The van der Waals surface area contributed by atoms with Gasteiger partial charge >= 0.3 is 0 Å². The van der Waals surface area contributed by atoms with Gasteiger partial charge in [0.05, 0.1) is 5.16 Å². The van der Waals surface area contributed by atoms with Crippen LogP contribution in [0, 0.1) is 5.92 Å². The number of hydrogen-bond donors (Lipinski definition) is 0. The van der Waals surface area contributed by atoms with Gasteiger partial charge in [-0.05, 0) is 42.6 Å². The van der Waals surface area contributed by atoms with Crippen molar-refractivity contribution in [2.24, 2.45) is 10.9 Å². The summed E-state index contributed by atoms with van der Waals surface area (Å²) in [7, 11) is 0. The number of carbonyl (C=O) groups is 1. The zero-order chi connectivity index (χ0) is 10.7. The number of fused-ring (bicyclic) bond motifs is 1. The maximum absolute atomic E-state index is 11.5. The maximum atomic E-state index is 11.5. The Balaban J connectivity index is 2.18. The van der Waals surface area contributed by atoms with Crippen molar-refractivity contribution in [1.82, 2.24) is 0 Å². The van der Waals surface area contributed by atoms with Crippen LogP contribution in [0.25, 0.3) is 0 Å². The number of aryl methyl sites for hydroxylation is 1. The van der Waals surface area contributed by atoms with Gasteiger partial charge in [-0.25, -0.2) is 0 Å². The third-order valence-electron chi connectivity index (χ3n) is 2.85. The van der Waals surface area contributed by atoms with Gasteiger partial charge in [-0.1, -0.05) is 24.3 Å². The van der Waals surface area contributed by atoms with Crippen LogP contribution in [0.1, 0.15) is 17.5 Å². The second kappa shape index (κ2) is 4.47. The van der Waals surface area contributed by atoms with E-state index in [0.29, 0.717) is 0 Å². The van der Waals surface area contributed by atoms with Crippen molar-refractivity contribution in [1.29, 1.82) is 0 Å². The molecule has 3 heteroatoms. The summed E-state index contributed by atoms with van der Waals surface area (Å²) < 4.78 is 0. The highest BCUT2D eigenvalue weighted by atomic mass is 32.1. The summed E-state index contributed by atoms with van der Waals surface area (Å²) in [6, 6.07) is 8.25. The van der Waals surface area contributed by atoms with Crippen LogP contribution < -0.4 is 0 Å². The zero-order valence-electron chi connectivity index (χ0n) is 8.27. The predicted octanol–water partition coefficient (Wildman–Crippen LogP) is 2.42. The number of hydrogen-bond acceptors (Lipinski definition) is 2. The summed E-state index contributed by atoms with van der Waals surface area (Å²) in [4.78, 5) is 15.1. The van der Waals surface area contributed by atoms with Crippen molar-refractivity contribution in [3.8, 4) is 0 Å². The lowest BCUT2D eigenvalue weighted by atomic mass is 9.83. The molecule has 1 aliphatic carbocycles. The highest BCUT2D eigenvalue weighted by Crippen LogP contribution is 2.25.